The van der Waals surface area contributed by atoms with E-state index in [-0.39, 0.29) is 11.2 Å². The largest absolute Gasteiger partial charge is 0.435 e. The van der Waals surface area contributed by atoms with Crippen molar-refractivity contribution in [3.63, 3.8) is 0 Å². The van der Waals surface area contributed by atoms with Crippen LogP contribution in [0.5, 0.6) is 0 Å². The Kier molecular flexibility index (Phi) is 4.74. The summed E-state index contributed by atoms with van der Waals surface area (Å²) in [6.07, 6.45) is -4.56. The molecular weight excluding hydrogens is 367 g/mol. The first kappa shape index (κ1) is 18.7. The van der Waals surface area contributed by atoms with E-state index in [1.165, 1.54) is 9.42 Å². The van der Waals surface area contributed by atoms with E-state index in [1.54, 1.807) is 30.3 Å². The van der Waals surface area contributed by atoms with Crippen molar-refractivity contribution in [3.8, 4) is 11.1 Å². The summed E-state index contributed by atoms with van der Waals surface area (Å²) in [5.41, 5.74) is 0.540. The first-order valence-corrected chi connectivity index (χ1v) is 9.50. The van der Waals surface area contributed by atoms with Crippen LogP contribution in [0, 0.1) is 6.92 Å². The molecule has 2 aromatic heterocycles. The third-order valence-electron chi connectivity index (χ3n) is 5.32. The van der Waals surface area contributed by atoms with Crippen molar-refractivity contribution in [1.82, 2.24) is 14.6 Å². The maximum absolute atomic E-state index is 13.8. The summed E-state index contributed by atoms with van der Waals surface area (Å²) < 4.78 is 42.8. The molecule has 1 N–H and O–H groups in total. The third-order valence-corrected chi connectivity index (χ3v) is 5.32. The van der Waals surface area contributed by atoms with E-state index in [9.17, 15) is 13.2 Å². The lowest BCUT2D eigenvalue weighted by molar-refractivity contribution is -0.898. The lowest BCUT2D eigenvalue weighted by Gasteiger charge is -2.33. The van der Waals surface area contributed by atoms with Gasteiger partial charge in [0.1, 0.15) is 5.82 Å². The Morgan fingerprint density at radius 2 is 1.79 bits per heavy atom. The fraction of sp³-hybridized carbons (Fsp3) is 0.400. The molecule has 4 rings (SSSR count). The minimum atomic E-state index is -4.56. The number of hydrogen-bond acceptors (Lipinski definition) is 3. The maximum atomic E-state index is 13.8. The number of nitrogens with zero attached hydrogens (tertiary/aromatic N) is 4. The molecule has 148 valence electrons. The van der Waals surface area contributed by atoms with Crippen molar-refractivity contribution in [2.45, 2.75) is 20.0 Å². The standard InChI is InChI=1S/C20H22F3N5/c1-3-26-9-11-27(12-10-26)16-13-14(2)24-19-17(15-7-5-4-6-8-15)18(20(21,22)23)25-28(16)19/h4-8,13H,3,9-12H2,1-2H3/p+1. The van der Waals surface area contributed by atoms with Gasteiger partial charge in [-0.05, 0) is 19.4 Å². The van der Waals surface area contributed by atoms with Gasteiger partial charge in [0.2, 0.25) is 0 Å². The molecule has 0 atom stereocenters. The van der Waals surface area contributed by atoms with Crippen LogP contribution < -0.4 is 9.80 Å². The molecule has 1 aromatic carbocycles. The summed E-state index contributed by atoms with van der Waals surface area (Å²) in [6.45, 7) is 8.49. The van der Waals surface area contributed by atoms with Crippen molar-refractivity contribution in [1.29, 1.82) is 0 Å². The van der Waals surface area contributed by atoms with E-state index < -0.39 is 11.9 Å². The molecule has 0 unspecified atom stereocenters. The van der Waals surface area contributed by atoms with E-state index in [0.29, 0.717) is 17.1 Å². The van der Waals surface area contributed by atoms with Gasteiger partial charge in [0.15, 0.2) is 11.3 Å². The van der Waals surface area contributed by atoms with Gasteiger partial charge < -0.3 is 9.80 Å². The van der Waals surface area contributed by atoms with Crippen LogP contribution in [0.2, 0.25) is 0 Å². The van der Waals surface area contributed by atoms with Crippen LogP contribution in [-0.4, -0.2) is 47.3 Å². The fourth-order valence-electron chi connectivity index (χ4n) is 3.82. The average molecular weight is 390 g/mol. The number of likely N-dealkylation sites (N-methyl/N-ethyl adjacent to an activating group) is 1. The number of quaternary nitrogens is 1. The number of alkyl halides is 3. The molecule has 3 heterocycles. The second-order valence-electron chi connectivity index (χ2n) is 7.17. The molecule has 5 nitrogen and oxygen atoms in total. The van der Waals surface area contributed by atoms with Crippen LogP contribution in [0.3, 0.4) is 0 Å². The van der Waals surface area contributed by atoms with Crippen LogP contribution in [0.1, 0.15) is 18.3 Å². The summed E-state index contributed by atoms with van der Waals surface area (Å²) >= 11 is 0. The fourth-order valence-corrected chi connectivity index (χ4v) is 3.82. The Bertz CT molecular complexity index is 973. The molecule has 0 spiro atoms. The van der Waals surface area contributed by atoms with Gasteiger partial charge >= 0.3 is 6.18 Å². The Morgan fingerprint density at radius 1 is 1.11 bits per heavy atom. The molecule has 8 heteroatoms. The molecule has 0 aliphatic carbocycles. The van der Waals surface area contributed by atoms with E-state index >= 15 is 0 Å². The lowest BCUT2D eigenvalue weighted by Crippen LogP contribution is -3.14. The number of aromatic nitrogens is 3. The molecule has 0 saturated carbocycles. The van der Waals surface area contributed by atoms with Gasteiger partial charge in [0.25, 0.3) is 0 Å². The molecule has 0 radical (unpaired) electrons. The van der Waals surface area contributed by atoms with Crippen LogP contribution in [0.15, 0.2) is 36.4 Å². The van der Waals surface area contributed by atoms with Gasteiger partial charge in [-0.3, -0.25) is 0 Å². The summed E-state index contributed by atoms with van der Waals surface area (Å²) in [4.78, 5) is 8.05. The van der Waals surface area contributed by atoms with E-state index in [2.05, 4.69) is 21.9 Å². The molecular formula is C20H23F3N5+. The molecule has 1 saturated heterocycles. The van der Waals surface area contributed by atoms with Gasteiger partial charge in [0.05, 0.1) is 38.3 Å². The minimum absolute atomic E-state index is 0.0378. The predicted molar refractivity (Wildman–Crippen MR) is 102 cm³/mol. The van der Waals surface area contributed by atoms with E-state index in [4.69, 9.17) is 0 Å². The predicted octanol–water partition coefficient (Wildman–Crippen LogP) is 2.45. The number of piperazine rings is 1. The Labute approximate surface area is 161 Å². The third kappa shape index (κ3) is 3.32. The van der Waals surface area contributed by atoms with Gasteiger partial charge in [0, 0.05) is 11.8 Å². The molecule has 28 heavy (non-hydrogen) atoms. The Morgan fingerprint density at radius 3 is 2.39 bits per heavy atom. The van der Waals surface area contributed by atoms with Crippen LogP contribution >= 0.6 is 0 Å². The quantitative estimate of drug-likeness (QED) is 0.747. The molecule has 0 bridgehead atoms. The van der Waals surface area contributed by atoms with Crippen molar-refractivity contribution < 1.29 is 18.1 Å². The number of nitrogens with one attached hydrogen (secondary N) is 1. The van der Waals surface area contributed by atoms with Crippen molar-refractivity contribution in [2.24, 2.45) is 0 Å². The van der Waals surface area contributed by atoms with Crippen LogP contribution in [0.4, 0.5) is 19.0 Å². The van der Waals surface area contributed by atoms with Gasteiger partial charge in [-0.25, -0.2) is 4.98 Å². The first-order chi connectivity index (χ1) is 13.4. The summed E-state index contributed by atoms with van der Waals surface area (Å²) in [6, 6.07) is 10.4. The van der Waals surface area contributed by atoms with Gasteiger partial charge in [-0.2, -0.15) is 22.8 Å². The van der Waals surface area contributed by atoms with Crippen molar-refractivity contribution >= 4 is 11.5 Å². The monoisotopic (exact) mass is 390 g/mol. The highest BCUT2D eigenvalue weighted by Gasteiger charge is 2.39. The average Bonchev–Trinajstić information content (AvgIpc) is 3.08. The molecule has 1 aliphatic rings. The highest BCUT2D eigenvalue weighted by molar-refractivity contribution is 5.81. The number of fused-ring (bicyclic) bond motifs is 1. The Hall–Kier alpha value is -2.61. The van der Waals surface area contributed by atoms with Gasteiger partial charge in [-0.15, -0.1) is 0 Å². The molecule has 1 fully saturated rings. The number of benzene rings is 1. The summed E-state index contributed by atoms with van der Waals surface area (Å²) in [5, 5.41) is 4.00. The van der Waals surface area contributed by atoms with Crippen molar-refractivity contribution in [2.75, 3.05) is 37.6 Å². The second kappa shape index (κ2) is 7.09. The zero-order valence-corrected chi connectivity index (χ0v) is 15.9. The normalized spacial score (nSPS) is 16.1. The molecule has 1 aliphatic heterocycles. The topological polar surface area (TPSA) is 37.9 Å². The van der Waals surface area contributed by atoms with Crippen LogP contribution in [0.25, 0.3) is 16.8 Å². The van der Waals surface area contributed by atoms with E-state index in [0.717, 1.165) is 32.7 Å². The SMILES string of the molecule is CC[NH+]1CCN(c2cc(C)nc3c(-c4ccccc4)c(C(F)(F)F)nn23)CC1. The van der Waals surface area contributed by atoms with Crippen LogP contribution in [-0.2, 0) is 6.18 Å². The highest BCUT2D eigenvalue weighted by atomic mass is 19.4. The molecule has 3 aromatic rings. The van der Waals surface area contributed by atoms with E-state index in [1.807, 2.05) is 13.0 Å². The lowest BCUT2D eigenvalue weighted by atomic mass is 10.1. The summed E-state index contributed by atoms with van der Waals surface area (Å²) in [7, 11) is 0. The highest BCUT2D eigenvalue weighted by Crippen LogP contribution is 2.39. The summed E-state index contributed by atoms with van der Waals surface area (Å²) in [5.74, 6) is 0.672. The van der Waals surface area contributed by atoms with Gasteiger partial charge in [-0.1, -0.05) is 30.3 Å². The number of halogens is 3. The second-order valence-corrected chi connectivity index (χ2v) is 7.17. The number of rotatable bonds is 3. The smallest absolute Gasteiger partial charge is 0.345 e. The van der Waals surface area contributed by atoms with Crippen molar-refractivity contribution in [3.05, 3.63) is 47.8 Å². The first-order valence-electron chi connectivity index (χ1n) is 9.50. The zero-order valence-electron chi connectivity index (χ0n) is 15.9. The maximum Gasteiger partial charge on any atom is 0.435 e. The molecule has 0 amide bonds. The number of aryl methyl sites for hydroxylation is 1. The number of anilines is 1. The zero-order chi connectivity index (χ0) is 19.9. The minimum Gasteiger partial charge on any atom is -0.345 e. The number of hydrogen-bond donors (Lipinski definition) is 1. The Balaban J connectivity index is 1.91.